The highest BCUT2D eigenvalue weighted by molar-refractivity contribution is 5.94. The van der Waals surface area contributed by atoms with Crippen molar-refractivity contribution >= 4 is 16.7 Å². The second-order valence-electron chi connectivity index (χ2n) is 8.09. The highest BCUT2D eigenvalue weighted by Gasteiger charge is 2.24. The molecule has 1 aliphatic rings. The monoisotopic (exact) mass is 405 g/mol. The number of hydrogen-bond donors (Lipinski definition) is 0. The van der Waals surface area contributed by atoms with Gasteiger partial charge in [0.2, 0.25) is 0 Å². The van der Waals surface area contributed by atoms with Crippen LogP contribution in [0.2, 0.25) is 0 Å². The van der Waals surface area contributed by atoms with E-state index in [1.165, 1.54) is 43.4 Å². The molecule has 0 bridgehead atoms. The number of hydrogen-bond acceptors (Lipinski definition) is 5. The predicted octanol–water partition coefficient (Wildman–Crippen LogP) is 4.89. The standard InChI is InChI=1S/C23H27N5O2/c1-14-15(2)28(17-8-6-5-7-9-17)22-20(14)23-25-21(26-27(23)13-24-22)16-10-11-18(29-3)19(12-16)30-4/h10-13,17H,5-9H2,1-4H3. The van der Waals surface area contributed by atoms with E-state index in [0.29, 0.717) is 23.4 Å². The number of ether oxygens (including phenoxy) is 2. The molecule has 4 aromatic rings. The molecule has 0 amide bonds. The quantitative estimate of drug-likeness (QED) is 0.484. The van der Waals surface area contributed by atoms with E-state index in [-0.39, 0.29) is 0 Å². The van der Waals surface area contributed by atoms with Crippen molar-refractivity contribution in [1.29, 1.82) is 0 Å². The maximum absolute atomic E-state index is 5.44. The van der Waals surface area contributed by atoms with Gasteiger partial charge in [0.05, 0.1) is 19.6 Å². The summed E-state index contributed by atoms with van der Waals surface area (Å²) in [5.74, 6) is 1.99. The highest BCUT2D eigenvalue weighted by Crippen LogP contribution is 2.37. The van der Waals surface area contributed by atoms with Crippen LogP contribution < -0.4 is 9.47 Å². The first-order valence-corrected chi connectivity index (χ1v) is 10.6. The first-order chi connectivity index (χ1) is 14.6. The average Bonchev–Trinajstić information content (AvgIpc) is 3.33. The lowest BCUT2D eigenvalue weighted by Gasteiger charge is -2.25. The topological polar surface area (TPSA) is 66.5 Å². The Hall–Kier alpha value is -3.09. The summed E-state index contributed by atoms with van der Waals surface area (Å²) in [5.41, 5.74) is 5.27. The molecule has 5 rings (SSSR count). The van der Waals surface area contributed by atoms with Crippen molar-refractivity contribution in [2.75, 3.05) is 14.2 Å². The molecule has 0 N–H and O–H groups in total. The Morgan fingerprint density at radius 1 is 0.967 bits per heavy atom. The summed E-state index contributed by atoms with van der Waals surface area (Å²) in [7, 11) is 3.26. The summed E-state index contributed by atoms with van der Waals surface area (Å²) in [6.45, 7) is 4.37. The summed E-state index contributed by atoms with van der Waals surface area (Å²) in [4.78, 5) is 9.72. The van der Waals surface area contributed by atoms with Crippen molar-refractivity contribution in [3.63, 3.8) is 0 Å². The van der Waals surface area contributed by atoms with Crippen LogP contribution in [0.25, 0.3) is 28.1 Å². The lowest BCUT2D eigenvalue weighted by molar-refractivity contribution is 0.355. The van der Waals surface area contributed by atoms with Gasteiger partial charge in [0.15, 0.2) is 23.0 Å². The van der Waals surface area contributed by atoms with Gasteiger partial charge in [0.1, 0.15) is 12.0 Å². The number of nitrogens with zero attached hydrogens (tertiary/aromatic N) is 5. The van der Waals surface area contributed by atoms with E-state index >= 15 is 0 Å². The molecule has 1 saturated carbocycles. The van der Waals surface area contributed by atoms with Gasteiger partial charge in [-0.05, 0) is 50.5 Å². The fraction of sp³-hybridized carbons (Fsp3) is 0.435. The van der Waals surface area contributed by atoms with Gasteiger partial charge in [-0.3, -0.25) is 0 Å². The number of aromatic nitrogens is 5. The molecule has 156 valence electrons. The summed E-state index contributed by atoms with van der Waals surface area (Å²) in [6, 6.07) is 6.26. The Bertz CT molecular complexity index is 1230. The van der Waals surface area contributed by atoms with Crippen LogP contribution in [0.1, 0.15) is 49.4 Å². The van der Waals surface area contributed by atoms with Gasteiger partial charge < -0.3 is 14.0 Å². The normalized spacial score (nSPS) is 15.2. The average molecular weight is 406 g/mol. The first-order valence-electron chi connectivity index (χ1n) is 10.6. The number of rotatable bonds is 4. The fourth-order valence-corrected chi connectivity index (χ4v) is 4.77. The maximum Gasteiger partial charge on any atom is 0.182 e. The van der Waals surface area contributed by atoms with Crippen molar-refractivity contribution in [2.45, 2.75) is 52.0 Å². The van der Waals surface area contributed by atoms with Crippen LogP contribution in [0.5, 0.6) is 11.5 Å². The van der Waals surface area contributed by atoms with Gasteiger partial charge in [0, 0.05) is 17.3 Å². The molecule has 30 heavy (non-hydrogen) atoms. The van der Waals surface area contributed by atoms with Crippen LogP contribution in [0.3, 0.4) is 0 Å². The Labute approximate surface area is 175 Å². The zero-order valence-electron chi connectivity index (χ0n) is 18.0. The molecular formula is C23H27N5O2. The first kappa shape index (κ1) is 18.9. The molecule has 7 heteroatoms. The Morgan fingerprint density at radius 3 is 2.47 bits per heavy atom. The SMILES string of the molecule is COc1ccc(-c2nc3c4c(C)c(C)n(C5CCCCC5)c4ncn3n2)cc1OC. The lowest BCUT2D eigenvalue weighted by Crippen LogP contribution is -2.14. The van der Waals surface area contributed by atoms with E-state index in [2.05, 4.69) is 18.4 Å². The minimum atomic E-state index is 0.526. The molecule has 1 aliphatic carbocycles. The third kappa shape index (κ3) is 2.83. The van der Waals surface area contributed by atoms with Gasteiger partial charge in [-0.15, -0.1) is 5.10 Å². The van der Waals surface area contributed by atoms with E-state index in [9.17, 15) is 0 Å². The number of fused-ring (bicyclic) bond motifs is 3. The Kier molecular flexibility index (Phi) is 4.60. The molecule has 3 aromatic heterocycles. The molecule has 0 spiro atoms. The molecule has 3 heterocycles. The van der Waals surface area contributed by atoms with Gasteiger partial charge in [0.25, 0.3) is 0 Å². The summed E-state index contributed by atoms with van der Waals surface area (Å²) in [6.07, 6.45) is 8.15. The van der Waals surface area contributed by atoms with E-state index in [1.54, 1.807) is 25.1 Å². The number of aryl methyl sites for hydroxylation is 1. The fourth-order valence-electron chi connectivity index (χ4n) is 4.77. The molecule has 0 saturated heterocycles. The van der Waals surface area contributed by atoms with Gasteiger partial charge >= 0.3 is 0 Å². The van der Waals surface area contributed by atoms with Crippen molar-refractivity contribution in [3.05, 3.63) is 35.8 Å². The summed E-state index contributed by atoms with van der Waals surface area (Å²) < 4.78 is 15.0. The molecule has 0 radical (unpaired) electrons. The maximum atomic E-state index is 5.44. The minimum absolute atomic E-state index is 0.526. The zero-order valence-corrected chi connectivity index (χ0v) is 18.0. The van der Waals surface area contributed by atoms with Crippen LogP contribution in [-0.4, -0.2) is 38.4 Å². The number of benzene rings is 1. The van der Waals surface area contributed by atoms with Crippen molar-refractivity contribution in [3.8, 4) is 22.9 Å². The molecular weight excluding hydrogens is 378 g/mol. The van der Waals surface area contributed by atoms with E-state index in [4.69, 9.17) is 24.5 Å². The summed E-state index contributed by atoms with van der Waals surface area (Å²) in [5, 5.41) is 5.79. The largest absolute Gasteiger partial charge is 0.493 e. The Balaban J connectivity index is 1.67. The lowest BCUT2D eigenvalue weighted by atomic mass is 9.95. The minimum Gasteiger partial charge on any atom is -0.493 e. The van der Waals surface area contributed by atoms with E-state index in [0.717, 1.165) is 22.2 Å². The molecule has 0 atom stereocenters. The van der Waals surface area contributed by atoms with Crippen molar-refractivity contribution in [1.82, 2.24) is 24.1 Å². The Morgan fingerprint density at radius 2 is 1.73 bits per heavy atom. The molecule has 0 unspecified atom stereocenters. The van der Waals surface area contributed by atoms with Crippen LogP contribution >= 0.6 is 0 Å². The van der Waals surface area contributed by atoms with Crippen LogP contribution in [0.15, 0.2) is 24.5 Å². The second-order valence-corrected chi connectivity index (χ2v) is 8.09. The van der Waals surface area contributed by atoms with Gasteiger partial charge in [-0.1, -0.05) is 19.3 Å². The molecule has 0 aliphatic heterocycles. The zero-order chi connectivity index (χ0) is 20.8. The van der Waals surface area contributed by atoms with Crippen LogP contribution in [0.4, 0.5) is 0 Å². The van der Waals surface area contributed by atoms with Gasteiger partial charge in [-0.25, -0.2) is 14.5 Å². The second kappa shape index (κ2) is 7.31. The molecule has 7 nitrogen and oxygen atoms in total. The smallest absolute Gasteiger partial charge is 0.182 e. The third-order valence-electron chi connectivity index (χ3n) is 6.46. The van der Waals surface area contributed by atoms with Crippen molar-refractivity contribution in [2.24, 2.45) is 0 Å². The van der Waals surface area contributed by atoms with Crippen molar-refractivity contribution < 1.29 is 9.47 Å². The van der Waals surface area contributed by atoms with Gasteiger partial charge in [-0.2, -0.15) is 0 Å². The van der Waals surface area contributed by atoms with Crippen LogP contribution in [-0.2, 0) is 0 Å². The highest BCUT2D eigenvalue weighted by atomic mass is 16.5. The predicted molar refractivity (Wildman–Crippen MR) is 116 cm³/mol. The number of methoxy groups -OCH3 is 2. The third-order valence-corrected chi connectivity index (χ3v) is 6.46. The van der Waals surface area contributed by atoms with E-state index < -0.39 is 0 Å². The van der Waals surface area contributed by atoms with E-state index in [1.807, 2.05) is 18.2 Å². The molecule has 1 aromatic carbocycles. The summed E-state index contributed by atoms with van der Waals surface area (Å²) >= 11 is 0. The van der Waals surface area contributed by atoms with Crippen LogP contribution in [0, 0.1) is 13.8 Å². The molecule has 1 fully saturated rings.